The Morgan fingerprint density at radius 1 is 0.620 bits per heavy atom. The Hall–Kier alpha value is -2.30. The van der Waals surface area contributed by atoms with Crippen LogP contribution in [0.15, 0.2) is 36.5 Å². The van der Waals surface area contributed by atoms with Crippen LogP contribution in [0.25, 0.3) is 0 Å². The zero-order chi connectivity index (χ0) is 37.1. The number of unbranched alkanes of at least 4 members (excludes halogenated alkanes) is 15. The lowest BCUT2D eigenvalue weighted by atomic mass is 10.1. The van der Waals surface area contributed by atoms with Crippen molar-refractivity contribution in [3.63, 3.8) is 0 Å². The number of rotatable bonds is 35. The summed E-state index contributed by atoms with van der Waals surface area (Å²) in [6, 6.07) is -1.52. The van der Waals surface area contributed by atoms with Crippen LogP contribution in [-0.4, -0.2) is 59.9 Å². The summed E-state index contributed by atoms with van der Waals surface area (Å²) >= 11 is 0. The summed E-state index contributed by atoms with van der Waals surface area (Å²) in [5.74, 6) is -2.41. The van der Waals surface area contributed by atoms with E-state index in [9.17, 15) is 23.8 Å². The van der Waals surface area contributed by atoms with Crippen LogP contribution in [0.2, 0.25) is 0 Å². The third-order valence-corrected chi connectivity index (χ3v) is 8.81. The third-order valence-electron chi connectivity index (χ3n) is 7.86. The van der Waals surface area contributed by atoms with Gasteiger partial charge in [-0.25, -0.2) is 4.57 Å². The van der Waals surface area contributed by atoms with Gasteiger partial charge in [0.25, 0.3) is 0 Å². The normalized spacial score (nSPS) is 14.3. The smallest absolute Gasteiger partial charge is 0.472 e. The Morgan fingerprint density at radius 3 is 1.64 bits per heavy atom. The van der Waals surface area contributed by atoms with Crippen LogP contribution < -0.4 is 5.73 Å². The first-order chi connectivity index (χ1) is 24.1. The summed E-state index contributed by atoms with van der Waals surface area (Å²) in [6.07, 6.45) is 33.6. The molecule has 0 saturated heterocycles. The highest BCUT2D eigenvalue weighted by atomic mass is 31.2. The van der Waals surface area contributed by atoms with E-state index >= 15 is 0 Å². The largest absolute Gasteiger partial charge is 0.480 e. The molecule has 50 heavy (non-hydrogen) atoms. The summed E-state index contributed by atoms with van der Waals surface area (Å²) < 4.78 is 32.5. The predicted octanol–water partition coefficient (Wildman–Crippen LogP) is 9.28. The lowest BCUT2D eigenvalue weighted by Gasteiger charge is -2.20. The first-order valence-electron chi connectivity index (χ1n) is 19.0. The van der Waals surface area contributed by atoms with Gasteiger partial charge in [-0.2, -0.15) is 0 Å². The molecule has 3 atom stereocenters. The Kier molecular flexibility index (Phi) is 32.3. The van der Waals surface area contributed by atoms with E-state index in [1.165, 1.54) is 32.1 Å². The molecule has 0 amide bonds. The lowest BCUT2D eigenvalue weighted by molar-refractivity contribution is -0.161. The number of ether oxygens (including phenoxy) is 2. The van der Waals surface area contributed by atoms with Gasteiger partial charge in [0.1, 0.15) is 12.6 Å². The fraction of sp³-hybridized carbons (Fsp3) is 0.763. The standard InChI is InChI=1S/C38H68NO10P/c1-3-5-7-9-11-13-15-16-17-18-20-21-23-25-27-29-36(40)46-31-34(32-47-50(44,45)48-33-35(39)38(42)43)49-37(41)30-28-26-24-22-19-14-12-10-8-6-4-2/h10-13,16-17,34-35H,3-9,14-15,18-33,39H2,1-2H3,(H,42,43)(H,44,45)/b12-10-,13-11-,17-16-/t34-,35+/m1/s1. The van der Waals surface area contributed by atoms with Gasteiger partial charge in [-0.1, -0.05) is 115 Å². The molecule has 0 radical (unpaired) electrons. The van der Waals surface area contributed by atoms with Gasteiger partial charge in [0, 0.05) is 12.8 Å². The second-order valence-corrected chi connectivity index (χ2v) is 14.2. The molecule has 11 nitrogen and oxygen atoms in total. The van der Waals surface area contributed by atoms with Crippen molar-refractivity contribution in [2.75, 3.05) is 19.8 Å². The third kappa shape index (κ3) is 32.9. The molecule has 0 aromatic carbocycles. The van der Waals surface area contributed by atoms with Crippen LogP contribution in [0.4, 0.5) is 0 Å². The first-order valence-corrected chi connectivity index (χ1v) is 20.5. The summed E-state index contributed by atoms with van der Waals surface area (Å²) in [6.45, 7) is 2.68. The summed E-state index contributed by atoms with van der Waals surface area (Å²) in [7, 11) is -4.71. The fourth-order valence-electron chi connectivity index (χ4n) is 4.78. The van der Waals surface area contributed by atoms with E-state index in [1.54, 1.807) is 0 Å². The zero-order valence-electron chi connectivity index (χ0n) is 31.0. The number of carboxylic acid groups (broad SMARTS) is 1. The topological polar surface area (TPSA) is 172 Å². The highest BCUT2D eigenvalue weighted by molar-refractivity contribution is 7.47. The van der Waals surface area contributed by atoms with E-state index in [1.807, 2.05) is 0 Å². The number of hydrogen-bond donors (Lipinski definition) is 3. The highest BCUT2D eigenvalue weighted by Crippen LogP contribution is 2.43. The summed E-state index contributed by atoms with van der Waals surface area (Å²) in [5.41, 5.74) is 5.31. The van der Waals surface area contributed by atoms with Gasteiger partial charge < -0.3 is 25.2 Å². The van der Waals surface area contributed by atoms with Gasteiger partial charge in [-0.3, -0.25) is 23.4 Å². The van der Waals surface area contributed by atoms with Gasteiger partial charge >= 0.3 is 25.7 Å². The van der Waals surface area contributed by atoms with Gasteiger partial charge in [0.15, 0.2) is 6.10 Å². The van der Waals surface area contributed by atoms with Crippen LogP contribution in [0.3, 0.4) is 0 Å². The molecule has 0 heterocycles. The van der Waals surface area contributed by atoms with Gasteiger partial charge in [0.2, 0.25) is 0 Å². The molecule has 0 saturated carbocycles. The number of allylic oxidation sites excluding steroid dienone is 6. The number of phosphoric ester groups is 1. The maximum absolute atomic E-state index is 12.5. The average molecular weight is 730 g/mol. The van der Waals surface area contributed by atoms with E-state index in [4.69, 9.17) is 24.8 Å². The van der Waals surface area contributed by atoms with Crippen molar-refractivity contribution in [3.05, 3.63) is 36.5 Å². The van der Waals surface area contributed by atoms with Gasteiger partial charge in [0.05, 0.1) is 13.2 Å². The number of carbonyl (C=O) groups excluding carboxylic acids is 2. The molecule has 0 aromatic heterocycles. The monoisotopic (exact) mass is 729 g/mol. The summed E-state index contributed by atoms with van der Waals surface area (Å²) in [5, 5.41) is 8.85. The quantitative estimate of drug-likeness (QED) is 0.0246. The van der Waals surface area contributed by atoms with Gasteiger partial charge in [-0.15, -0.1) is 0 Å². The minimum absolute atomic E-state index is 0.147. The SMILES string of the molecule is CCCC/C=C\CCCCCCCC(=O)O[C@H](COC(=O)CCCCCCC/C=C\C/C=C\CCCCC)COP(=O)(O)OC[C@H](N)C(=O)O. The Balaban J connectivity index is 4.47. The van der Waals surface area contributed by atoms with E-state index < -0.39 is 51.1 Å². The molecule has 0 aliphatic carbocycles. The molecule has 0 bridgehead atoms. The number of aliphatic carboxylic acids is 1. The second kappa shape index (κ2) is 33.8. The first kappa shape index (κ1) is 47.7. The molecule has 0 fully saturated rings. The van der Waals surface area contributed by atoms with Crippen molar-refractivity contribution in [3.8, 4) is 0 Å². The van der Waals surface area contributed by atoms with Crippen molar-refractivity contribution in [2.45, 2.75) is 167 Å². The van der Waals surface area contributed by atoms with E-state index in [-0.39, 0.29) is 19.4 Å². The zero-order valence-corrected chi connectivity index (χ0v) is 31.9. The van der Waals surface area contributed by atoms with E-state index in [0.29, 0.717) is 12.8 Å². The number of hydrogen-bond acceptors (Lipinski definition) is 9. The molecular weight excluding hydrogens is 661 g/mol. The minimum atomic E-state index is -4.71. The summed E-state index contributed by atoms with van der Waals surface area (Å²) in [4.78, 5) is 45.7. The maximum Gasteiger partial charge on any atom is 0.472 e. The average Bonchev–Trinajstić information content (AvgIpc) is 3.09. The van der Waals surface area contributed by atoms with Crippen molar-refractivity contribution in [1.29, 1.82) is 0 Å². The molecule has 0 aliphatic rings. The maximum atomic E-state index is 12.5. The molecule has 0 aromatic rings. The molecule has 290 valence electrons. The molecule has 0 spiro atoms. The number of nitrogens with two attached hydrogens (primary N) is 1. The number of phosphoric acid groups is 1. The number of esters is 2. The van der Waals surface area contributed by atoms with Crippen molar-refractivity contribution in [2.24, 2.45) is 5.73 Å². The minimum Gasteiger partial charge on any atom is -0.480 e. The lowest BCUT2D eigenvalue weighted by Crippen LogP contribution is -2.34. The molecule has 0 rings (SSSR count). The Bertz CT molecular complexity index is 1000. The van der Waals surface area contributed by atoms with Crippen molar-refractivity contribution < 1.29 is 47.5 Å². The van der Waals surface area contributed by atoms with Crippen LogP contribution in [0, 0.1) is 0 Å². The number of carboxylic acids is 1. The molecule has 12 heteroatoms. The van der Waals surface area contributed by atoms with E-state index in [2.05, 4.69) is 54.8 Å². The Morgan fingerprint density at radius 2 is 1.08 bits per heavy atom. The van der Waals surface area contributed by atoms with Gasteiger partial charge in [-0.05, 0) is 64.2 Å². The molecule has 0 aliphatic heterocycles. The molecule has 4 N–H and O–H groups in total. The molecule has 1 unspecified atom stereocenters. The van der Waals surface area contributed by atoms with Crippen LogP contribution >= 0.6 is 7.82 Å². The number of carbonyl (C=O) groups is 3. The van der Waals surface area contributed by atoms with E-state index in [0.717, 1.165) is 83.5 Å². The Labute approximate surface area is 302 Å². The predicted molar refractivity (Wildman–Crippen MR) is 199 cm³/mol. The second-order valence-electron chi connectivity index (χ2n) is 12.7. The van der Waals surface area contributed by atoms with Crippen LogP contribution in [0.1, 0.15) is 155 Å². The van der Waals surface area contributed by atoms with Crippen LogP contribution in [-0.2, 0) is 37.5 Å². The van der Waals surface area contributed by atoms with Crippen molar-refractivity contribution in [1.82, 2.24) is 0 Å². The van der Waals surface area contributed by atoms with Crippen molar-refractivity contribution >= 4 is 25.7 Å². The highest BCUT2D eigenvalue weighted by Gasteiger charge is 2.28. The van der Waals surface area contributed by atoms with Crippen LogP contribution in [0.5, 0.6) is 0 Å². The fourth-order valence-corrected chi connectivity index (χ4v) is 5.56. The molecular formula is C38H68NO10P.